The molecule has 1 fully saturated rings. The minimum atomic E-state index is -3.75. The molecular weight excluding hydrogens is 564 g/mol. The smallest absolute Gasteiger partial charge is 0.406 e. The van der Waals surface area contributed by atoms with E-state index >= 15 is 0 Å². The number of nitrogens with zero attached hydrogens (tertiary/aromatic N) is 1. The quantitative estimate of drug-likeness (QED) is 0.119. The Hall–Kier alpha value is -2.08. The number of amides is 1. The van der Waals surface area contributed by atoms with Gasteiger partial charge in [0.15, 0.2) is 5.06 Å². The van der Waals surface area contributed by atoms with Gasteiger partial charge in [0, 0.05) is 31.7 Å². The zero-order valence-electron chi connectivity index (χ0n) is 23.0. The molecule has 2 aromatic carbocycles. The van der Waals surface area contributed by atoms with Crippen molar-refractivity contribution >= 4 is 25.3 Å². The normalized spacial score (nSPS) is 21.7. The van der Waals surface area contributed by atoms with Gasteiger partial charge >= 0.3 is 7.75 Å². The first-order chi connectivity index (χ1) is 19.2. The third kappa shape index (κ3) is 8.96. The van der Waals surface area contributed by atoms with E-state index in [1.807, 2.05) is 11.0 Å². The summed E-state index contributed by atoms with van der Waals surface area (Å²) < 4.78 is 49.2. The van der Waals surface area contributed by atoms with Gasteiger partial charge in [0.1, 0.15) is 17.7 Å². The van der Waals surface area contributed by atoms with E-state index in [0.29, 0.717) is 43.9 Å². The van der Waals surface area contributed by atoms with E-state index in [4.69, 9.17) is 35.0 Å². The second kappa shape index (κ2) is 15.8. The van der Waals surface area contributed by atoms with Gasteiger partial charge in [0.2, 0.25) is 0 Å². The van der Waals surface area contributed by atoms with Crippen molar-refractivity contribution in [3.63, 3.8) is 0 Å². The van der Waals surface area contributed by atoms with E-state index in [0.717, 1.165) is 0 Å². The molecule has 10 nitrogen and oxygen atoms in total. The summed E-state index contributed by atoms with van der Waals surface area (Å²) in [4.78, 5) is 20.0. The Morgan fingerprint density at radius 3 is 2.42 bits per heavy atom. The lowest BCUT2D eigenvalue weighted by Gasteiger charge is -2.50. The van der Waals surface area contributed by atoms with Gasteiger partial charge < -0.3 is 9.47 Å². The third-order valence-corrected chi connectivity index (χ3v) is 8.83. The molecule has 0 radical (unpaired) electrons. The highest BCUT2D eigenvalue weighted by molar-refractivity contribution is 7.51. The number of hydrogen-bond acceptors (Lipinski definition) is 8. The Morgan fingerprint density at radius 2 is 1.80 bits per heavy atom. The number of carbonyl (C=O) groups is 1. The molecule has 0 aliphatic carbocycles. The van der Waals surface area contributed by atoms with Gasteiger partial charge in [-0.3, -0.25) is 23.6 Å². The molecule has 1 aliphatic heterocycles. The number of methoxy groups -OCH3 is 1. The Morgan fingerprint density at radius 1 is 1.12 bits per heavy atom. The molecule has 0 spiro atoms. The topological polar surface area (TPSA) is 108 Å². The van der Waals surface area contributed by atoms with Crippen LogP contribution in [0.2, 0.25) is 0 Å². The molecule has 1 aliphatic rings. The number of nitrogens with one attached hydrogen (secondary N) is 2. The summed E-state index contributed by atoms with van der Waals surface area (Å²) in [5.41, 5.74) is 2.91. The van der Waals surface area contributed by atoms with Crippen LogP contribution in [0.4, 0.5) is 4.39 Å². The van der Waals surface area contributed by atoms with Gasteiger partial charge in [-0.05, 0) is 63.1 Å². The fraction of sp³-hybridized carbons (Fsp3) is 0.519. The number of rotatable bonds is 16. The fourth-order valence-corrected chi connectivity index (χ4v) is 6.45. The van der Waals surface area contributed by atoms with Crippen LogP contribution in [-0.2, 0) is 23.2 Å². The maximum absolute atomic E-state index is 13.5. The van der Waals surface area contributed by atoms with E-state index in [1.165, 1.54) is 19.2 Å². The molecule has 40 heavy (non-hydrogen) atoms. The third-order valence-electron chi connectivity index (χ3n) is 6.41. The molecule has 1 amide bonds. The predicted molar refractivity (Wildman–Crippen MR) is 149 cm³/mol. The highest BCUT2D eigenvalue weighted by Crippen LogP contribution is 2.48. The van der Waals surface area contributed by atoms with Crippen LogP contribution in [0.15, 0.2) is 54.6 Å². The number of ether oxygens (including phenoxy) is 2. The highest BCUT2D eigenvalue weighted by atomic mass is 35.5. The summed E-state index contributed by atoms with van der Waals surface area (Å²) >= 11 is 7.13. The van der Waals surface area contributed by atoms with Crippen molar-refractivity contribution in [2.75, 3.05) is 46.6 Å². The Balaban J connectivity index is 1.70. The van der Waals surface area contributed by atoms with Crippen molar-refractivity contribution in [2.24, 2.45) is 5.92 Å². The molecule has 3 unspecified atom stereocenters. The molecule has 0 saturated carbocycles. The van der Waals surface area contributed by atoms with Crippen LogP contribution < -0.4 is 15.3 Å². The molecule has 1 heterocycles. The van der Waals surface area contributed by atoms with E-state index in [-0.39, 0.29) is 31.5 Å². The van der Waals surface area contributed by atoms with Crippen molar-refractivity contribution in [3.8, 4) is 5.75 Å². The Bertz CT molecular complexity index is 1090. The number of likely N-dealkylation sites (tertiary alicyclic amines) is 1. The van der Waals surface area contributed by atoms with E-state index in [2.05, 4.69) is 10.6 Å². The summed E-state index contributed by atoms with van der Waals surface area (Å²) in [6, 6.07) is 14.5. The lowest BCUT2D eigenvalue weighted by Crippen LogP contribution is -2.65. The van der Waals surface area contributed by atoms with Crippen molar-refractivity contribution in [3.05, 3.63) is 66.0 Å². The van der Waals surface area contributed by atoms with Gasteiger partial charge in [0.25, 0.3) is 5.91 Å². The monoisotopic (exact) mass is 601 g/mol. The van der Waals surface area contributed by atoms with Crippen LogP contribution in [0.1, 0.15) is 37.0 Å². The first-order valence-corrected chi connectivity index (χ1v) is 15.2. The van der Waals surface area contributed by atoms with Crippen LogP contribution in [0, 0.1) is 11.7 Å². The lowest BCUT2D eigenvalue weighted by atomic mass is 9.91. The van der Waals surface area contributed by atoms with Gasteiger partial charge in [0.05, 0.1) is 26.4 Å². The van der Waals surface area contributed by atoms with Crippen LogP contribution in [0.5, 0.6) is 5.75 Å². The fourth-order valence-electron chi connectivity index (χ4n) is 4.45. The molecule has 222 valence electrons. The van der Waals surface area contributed by atoms with Crippen LogP contribution in [-0.4, -0.2) is 68.7 Å². The molecule has 1 saturated heterocycles. The van der Waals surface area contributed by atoms with Crippen molar-refractivity contribution in [2.45, 2.75) is 37.9 Å². The largest absolute Gasteiger partial charge is 0.494 e. The average Bonchev–Trinajstić information content (AvgIpc) is 2.95. The maximum atomic E-state index is 13.5. The minimum absolute atomic E-state index is 0.0448. The Kier molecular flexibility index (Phi) is 12.8. The number of halogens is 2. The van der Waals surface area contributed by atoms with E-state index in [9.17, 15) is 13.8 Å². The molecule has 2 N–H and O–H groups in total. The number of benzene rings is 2. The number of piperidine rings is 1. The molecule has 3 rings (SSSR count). The second-order valence-electron chi connectivity index (χ2n) is 9.05. The standard InChI is InChI=1S/C27H38ClFN3O7P/c1-4-38-40(34,39-5-2)31-26-27(28,35-3)22(20-37-30-25(33)21-10-7-6-8-11-21)16-18-32(26)17-9-19-36-24-14-12-23(29)13-15-24/h6-8,10-15,22,26H,4-5,9,16-20H2,1-3H3,(H,30,33)(H,31,34). The van der Waals surface area contributed by atoms with Crippen LogP contribution in [0.3, 0.4) is 0 Å². The summed E-state index contributed by atoms with van der Waals surface area (Å²) in [6.45, 7) is 5.21. The zero-order valence-corrected chi connectivity index (χ0v) is 24.7. The summed E-state index contributed by atoms with van der Waals surface area (Å²) in [7, 11) is -2.29. The number of carbonyl (C=O) groups excluding carboxylic acids is 1. The van der Waals surface area contributed by atoms with Crippen molar-refractivity contribution in [1.29, 1.82) is 0 Å². The number of hydroxylamine groups is 1. The number of hydrogen-bond donors (Lipinski definition) is 2. The molecule has 0 bridgehead atoms. The van der Waals surface area contributed by atoms with Gasteiger partial charge in [-0.2, -0.15) is 0 Å². The van der Waals surface area contributed by atoms with E-state index in [1.54, 1.807) is 50.2 Å². The summed E-state index contributed by atoms with van der Waals surface area (Å²) in [5.74, 6) is -0.566. The van der Waals surface area contributed by atoms with Gasteiger partial charge in [-0.1, -0.05) is 29.8 Å². The van der Waals surface area contributed by atoms with Crippen LogP contribution in [0.25, 0.3) is 0 Å². The summed E-state index contributed by atoms with van der Waals surface area (Å²) in [5, 5.41) is 1.58. The average molecular weight is 602 g/mol. The van der Waals surface area contributed by atoms with Gasteiger partial charge in [-0.15, -0.1) is 0 Å². The molecular formula is C27H38ClFN3O7P. The molecule has 2 aromatic rings. The lowest BCUT2D eigenvalue weighted by molar-refractivity contribution is -0.121. The molecule has 13 heteroatoms. The molecule has 0 aromatic heterocycles. The zero-order chi connectivity index (χ0) is 29.0. The highest BCUT2D eigenvalue weighted by Gasteiger charge is 2.53. The summed E-state index contributed by atoms with van der Waals surface area (Å²) in [6.07, 6.45) is 0.345. The predicted octanol–water partition coefficient (Wildman–Crippen LogP) is 4.96. The first kappa shape index (κ1) is 32.4. The van der Waals surface area contributed by atoms with Crippen molar-refractivity contribution in [1.82, 2.24) is 15.5 Å². The Labute approximate surface area is 239 Å². The minimum Gasteiger partial charge on any atom is -0.494 e. The number of alkyl halides is 1. The molecule has 3 atom stereocenters. The van der Waals surface area contributed by atoms with E-state index < -0.39 is 24.9 Å². The van der Waals surface area contributed by atoms with Crippen LogP contribution >= 0.6 is 19.3 Å². The maximum Gasteiger partial charge on any atom is 0.406 e. The first-order valence-electron chi connectivity index (χ1n) is 13.2. The van der Waals surface area contributed by atoms with Crippen molar-refractivity contribution < 1.29 is 37.1 Å². The SMILES string of the molecule is CCOP(=O)(NC1N(CCCOc2ccc(F)cc2)CCC(CONC(=O)c2ccccc2)C1(Cl)OC)OCC. The van der Waals surface area contributed by atoms with Gasteiger partial charge in [-0.25, -0.2) is 19.5 Å². The second-order valence-corrected chi connectivity index (χ2v) is 11.4.